The Balaban J connectivity index is 2.05. The van der Waals surface area contributed by atoms with Gasteiger partial charge in [-0.3, -0.25) is 0 Å². The Morgan fingerprint density at radius 1 is 1.57 bits per heavy atom. The number of thiophene rings is 1. The topological polar surface area (TPSA) is 31.9 Å². The Kier molecular flexibility index (Phi) is 2.74. The van der Waals surface area contributed by atoms with Crippen molar-refractivity contribution in [1.29, 1.82) is 0 Å². The normalized spacial score (nSPS) is 10.4. The Bertz CT molecular complexity index is 396. The van der Waals surface area contributed by atoms with Gasteiger partial charge in [0.1, 0.15) is 0 Å². The minimum atomic E-state index is 0.824. The lowest BCUT2D eigenvalue weighted by Gasteiger charge is -2.13. The van der Waals surface area contributed by atoms with E-state index < -0.39 is 0 Å². The van der Waals surface area contributed by atoms with Gasteiger partial charge in [-0.2, -0.15) is 0 Å². The summed E-state index contributed by atoms with van der Waals surface area (Å²) < 4.78 is 0.827. The van der Waals surface area contributed by atoms with Gasteiger partial charge in [0.05, 0.1) is 10.9 Å². The average Bonchev–Trinajstić information content (AvgIpc) is 2.75. The number of hydrogen-bond donors (Lipinski definition) is 1. The third kappa shape index (κ3) is 2.08. The molecule has 0 saturated carbocycles. The molecule has 1 N–H and O–H groups in total. The number of aromatic amines is 1. The monoisotopic (exact) mass is 227 g/mol. The van der Waals surface area contributed by atoms with Crippen molar-refractivity contribution in [1.82, 2.24) is 9.97 Å². The van der Waals surface area contributed by atoms with Gasteiger partial charge in [-0.1, -0.05) is 11.6 Å². The zero-order valence-electron chi connectivity index (χ0n) is 7.70. The molecule has 0 fully saturated rings. The Morgan fingerprint density at radius 2 is 2.43 bits per heavy atom. The van der Waals surface area contributed by atoms with Crippen LogP contribution in [0, 0.1) is 0 Å². The van der Waals surface area contributed by atoms with Crippen molar-refractivity contribution in [3.8, 4) is 0 Å². The van der Waals surface area contributed by atoms with Crippen LogP contribution in [0.25, 0.3) is 0 Å². The molecule has 0 aromatic carbocycles. The molecule has 3 nitrogen and oxygen atoms in total. The molecule has 74 valence electrons. The van der Waals surface area contributed by atoms with Crippen molar-refractivity contribution in [2.75, 3.05) is 11.9 Å². The molecule has 2 rings (SSSR count). The summed E-state index contributed by atoms with van der Waals surface area (Å²) in [6, 6.07) is 3.95. The molecule has 0 aliphatic rings. The second kappa shape index (κ2) is 4.02. The maximum absolute atomic E-state index is 5.85. The van der Waals surface area contributed by atoms with Crippen LogP contribution in [-0.2, 0) is 6.54 Å². The molecule has 2 aromatic rings. The first-order valence-electron chi connectivity index (χ1n) is 4.20. The molecule has 0 aliphatic heterocycles. The molecular formula is C9H10ClN3S. The van der Waals surface area contributed by atoms with Crippen LogP contribution in [-0.4, -0.2) is 17.0 Å². The van der Waals surface area contributed by atoms with Crippen molar-refractivity contribution in [2.45, 2.75) is 6.54 Å². The van der Waals surface area contributed by atoms with E-state index in [2.05, 4.69) is 9.97 Å². The molecule has 2 aromatic heterocycles. The van der Waals surface area contributed by atoms with Crippen molar-refractivity contribution in [3.05, 3.63) is 33.7 Å². The quantitative estimate of drug-likeness (QED) is 0.875. The van der Waals surface area contributed by atoms with Gasteiger partial charge in [0.25, 0.3) is 0 Å². The summed E-state index contributed by atoms with van der Waals surface area (Å²) >= 11 is 7.44. The lowest BCUT2D eigenvalue weighted by atomic mass is 10.4. The van der Waals surface area contributed by atoms with Crippen molar-refractivity contribution in [2.24, 2.45) is 0 Å². The fourth-order valence-electron chi connectivity index (χ4n) is 1.21. The average molecular weight is 228 g/mol. The molecule has 0 bridgehead atoms. The summed E-state index contributed by atoms with van der Waals surface area (Å²) in [6.07, 6.45) is 3.56. The molecule has 0 unspecified atom stereocenters. The minimum Gasteiger partial charge on any atom is -0.340 e. The molecule has 0 radical (unpaired) electrons. The highest BCUT2D eigenvalue weighted by Crippen LogP contribution is 2.23. The highest BCUT2D eigenvalue weighted by molar-refractivity contribution is 7.16. The highest BCUT2D eigenvalue weighted by Gasteiger charge is 2.05. The number of halogens is 1. The zero-order chi connectivity index (χ0) is 9.97. The maximum Gasteiger partial charge on any atom is 0.202 e. The standard InChI is InChI=1S/C9H10ClN3S/c1-13(9-11-4-5-12-9)6-7-2-3-8(10)14-7/h2-5H,6H2,1H3,(H,11,12). The molecular weight excluding hydrogens is 218 g/mol. The van der Waals surface area contributed by atoms with Gasteiger partial charge >= 0.3 is 0 Å². The predicted molar refractivity (Wildman–Crippen MR) is 60.0 cm³/mol. The van der Waals surface area contributed by atoms with Crippen molar-refractivity contribution in [3.63, 3.8) is 0 Å². The summed E-state index contributed by atoms with van der Waals surface area (Å²) in [5.74, 6) is 0.870. The smallest absolute Gasteiger partial charge is 0.202 e. The summed E-state index contributed by atoms with van der Waals surface area (Å²) in [6.45, 7) is 0.824. The van der Waals surface area contributed by atoms with Crippen molar-refractivity contribution >= 4 is 28.9 Å². The van der Waals surface area contributed by atoms with E-state index in [1.165, 1.54) is 4.88 Å². The van der Waals surface area contributed by atoms with Crippen LogP contribution in [0.2, 0.25) is 4.34 Å². The fourth-order valence-corrected chi connectivity index (χ4v) is 2.35. The summed E-state index contributed by atoms with van der Waals surface area (Å²) in [7, 11) is 1.99. The van der Waals surface area contributed by atoms with Gasteiger partial charge in [0, 0.05) is 24.3 Å². The van der Waals surface area contributed by atoms with Gasteiger partial charge < -0.3 is 9.88 Å². The first-order chi connectivity index (χ1) is 6.75. The van der Waals surface area contributed by atoms with Gasteiger partial charge in [-0.25, -0.2) is 4.98 Å². The second-order valence-electron chi connectivity index (χ2n) is 2.97. The molecule has 0 saturated heterocycles. The first-order valence-corrected chi connectivity index (χ1v) is 5.40. The number of nitrogens with zero attached hydrogens (tertiary/aromatic N) is 2. The van der Waals surface area contributed by atoms with E-state index in [1.54, 1.807) is 17.5 Å². The number of imidazole rings is 1. The molecule has 5 heteroatoms. The van der Waals surface area contributed by atoms with E-state index in [4.69, 9.17) is 11.6 Å². The minimum absolute atomic E-state index is 0.824. The lowest BCUT2D eigenvalue weighted by molar-refractivity contribution is 0.895. The number of H-pyrrole nitrogens is 1. The number of hydrogen-bond acceptors (Lipinski definition) is 3. The summed E-state index contributed by atoms with van der Waals surface area (Å²) in [5.41, 5.74) is 0. The van der Waals surface area contributed by atoms with E-state index >= 15 is 0 Å². The van der Waals surface area contributed by atoms with Gasteiger partial charge in [-0.15, -0.1) is 11.3 Å². The summed E-state index contributed by atoms with van der Waals surface area (Å²) in [4.78, 5) is 10.5. The number of nitrogens with one attached hydrogen (secondary N) is 1. The highest BCUT2D eigenvalue weighted by atomic mass is 35.5. The van der Waals surface area contributed by atoms with E-state index in [1.807, 2.05) is 30.3 Å². The van der Waals surface area contributed by atoms with E-state index in [0.29, 0.717) is 0 Å². The van der Waals surface area contributed by atoms with Gasteiger partial charge in [0.2, 0.25) is 5.95 Å². The van der Waals surface area contributed by atoms with Gasteiger partial charge in [0.15, 0.2) is 0 Å². The van der Waals surface area contributed by atoms with Crippen LogP contribution in [0.3, 0.4) is 0 Å². The Morgan fingerprint density at radius 3 is 3.00 bits per heavy atom. The number of rotatable bonds is 3. The third-order valence-electron chi connectivity index (χ3n) is 1.87. The maximum atomic E-state index is 5.85. The zero-order valence-corrected chi connectivity index (χ0v) is 9.27. The van der Waals surface area contributed by atoms with Crippen LogP contribution in [0.15, 0.2) is 24.5 Å². The molecule has 0 spiro atoms. The number of aromatic nitrogens is 2. The molecule has 0 atom stereocenters. The fraction of sp³-hybridized carbons (Fsp3) is 0.222. The number of anilines is 1. The third-order valence-corrected chi connectivity index (χ3v) is 3.08. The molecule has 0 aliphatic carbocycles. The SMILES string of the molecule is CN(Cc1ccc(Cl)s1)c1ncc[nH]1. The van der Waals surface area contributed by atoms with Crippen LogP contribution in [0.4, 0.5) is 5.95 Å². The van der Waals surface area contributed by atoms with E-state index in [-0.39, 0.29) is 0 Å². The first kappa shape index (κ1) is 9.55. The Hall–Kier alpha value is -1.00. The van der Waals surface area contributed by atoms with Crippen LogP contribution >= 0.6 is 22.9 Å². The Labute approximate surface area is 91.4 Å². The van der Waals surface area contributed by atoms with Crippen LogP contribution < -0.4 is 4.90 Å². The van der Waals surface area contributed by atoms with E-state index in [9.17, 15) is 0 Å². The molecule has 14 heavy (non-hydrogen) atoms. The molecule has 0 amide bonds. The summed E-state index contributed by atoms with van der Waals surface area (Å²) in [5, 5.41) is 0. The molecule has 2 heterocycles. The predicted octanol–water partition coefficient (Wildman–Crippen LogP) is 2.76. The second-order valence-corrected chi connectivity index (χ2v) is 4.77. The van der Waals surface area contributed by atoms with Crippen LogP contribution in [0.5, 0.6) is 0 Å². The van der Waals surface area contributed by atoms with Gasteiger partial charge in [-0.05, 0) is 12.1 Å². The van der Waals surface area contributed by atoms with E-state index in [0.717, 1.165) is 16.8 Å². The van der Waals surface area contributed by atoms with Crippen molar-refractivity contribution < 1.29 is 0 Å². The van der Waals surface area contributed by atoms with Crippen LogP contribution in [0.1, 0.15) is 4.88 Å². The lowest BCUT2D eigenvalue weighted by Crippen LogP contribution is -2.16. The largest absolute Gasteiger partial charge is 0.340 e.